The van der Waals surface area contributed by atoms with Crippen LogP contribution < -0.4 is 5.32 Å². The number of halogens is 1. The summed E-state index contributed by atoms with van der Waals surface area (Å²) in [4.78, 5) is 12.2. The first-order chi connectivity index (χ1) is 11.5. The molecular weight excluding hydrogens is 330 g/mol. The lowest BCUT2D eigenvalue weighted by atomic mass is 10.0. The first-order valence-corrected chi connectivity index (χ1v) is 7.78. The zero-order valence-corrected chi connectivity index (χ0v) is 14.5. The first-order valence-electron chi connectivity index (χ1n) is 7.41. The Morgan fingerprint density at radius 1 is 1.08 bits per heavy atom. The molecule has 0 aliphatic carbocycles. The summed E-state index contributed by atoms with van der Waals surface area (Å²) in [6.07, 6.45) is -1.33. The fourth-order valence-corrected chi connectivity index (χ4v) is 2.70. The molecule has 1 N–H and O–H groups in total. The van der Waals surface area contributed by atoms with Crippen LogP contribution in [0.15, 0.2) is 54.6 Å². The molecule has 1 atom stereocenters. The van der Waals surface area contributed by atoms with Gasteiger partial charge in [-0.3, -0.25) is 5.32 Å². The fourth-order valence-electron chi connectivity index (χ4n) is 2.51. The van der Waals surface area contributed by atoms with Crippen molar-refractivity contribution in [1.29, 1.82) is 0 Å². The molecule has 0 saturated heterocycles. The van der Waals surface area contributed by atoms with Crippen molar-refractivity contribution in [3.8, 4) is 0 Å². The average molecular weight is 350 g/mol. The summed E-state index contributed by atoms with van der Waals surface area (Å²) in [6, 6.07) is 16.1. The number of rotatable bonds is 6. The Hall–Kier alpha value is -2.08. The Labute approximate surface area is 146 Å². The standard InChI is InChI=1S/C18H20ClNO4/c1-13(18(22-2,23-3)14-8-5-4-6-9-14)24-17(21)20-16-11-7-10-15(19)12-16/h4-13H,1-3H3,(H,20,21). The van der Waals surface area contributed by atoms with Gasteiger partial charge in [-0.25, -0.2) is 4.79 Å². The number of benzene rings is 2. The molecule has 0 aromatic heterocycles. The number of amides is 1. The van der Waals surface area contributed by atoms with Gasteiger partial charge in [0.25, 0.3) is 0 Å². The van der Waals surface area contributed by atoms with E-state index < -0.39 is 18.0 Å². The Bertz CT molecular complexity index is 674. The topological polar surface area (TPSA) is 56.8 Å². The molecule has 2 aromatic carbocycles. The Morgan fingerprint density at radius 2 is 1.75 bits per heavy atom. The molecule has 0 heterocycles. The number of hydrogen-bond acceptors (Lipinski definition) is 4. The van der Waals surface area contributed by atoms with Gasteiger partial charge in [-0.05, 0) is 25.1 Å². The minimum atomic E-state index is -1.20. The van der Waals surface area contributed by atoms with Crippen molar-refractivity contribution >= 4 is 23.4 Å². The van der Waals surface area contributed by atoms with Gasteiger partial charge in [0, 0.05) is 30.5 Å². The van der Waals surface area contributed by atoms with Crippen LogP contribution in [0, 0.1) is 0 Å². The lowest BCUT2D eigenvalue weighted by Crippen LogP contribution is -2.44. The highest BCUT2D eigenvalue weighted by molar-refractivity contribution is 6.30. The maximum atomic E-state index is 12.2. The second-order valence-corrected chi connectivity index (χ2v) is 5.56. The van der Waals surface area contributed by atoms with Crippen molar-refractivity contribution in [2.24, 2.45) is 0 Å². The van der Waals surface area contributed by atoms with Crippen LogP contribution in [0.4, 0.5) is 10.5 Å². The summed E-state index contributed by atoms with van der Waals surface area (Å²) in [6.45, 7) is 1.71. The minimum absolute atomic E-state index is 0.522. The second-order valence-electron chi connectivity index (χ2n) is 5.12. The van der Waals surface area contributed by atoms with E-state index in [1.165, 1.54) is 14.2 Å². The molecule has 0 bridgehead atoms. The lowest BCUT2D eigenvalue weighted by Gasteiger charge is -2.35. The number of anilines is 1. The van der Waals surface area contributed by atoms with Crippen molar-refractivity contribution in [2.45, 2.75) is 18.8 Å². The van der Waals surface area contributed by atoms with E-state index in [1.807, 2.05) is 30.3 Å². The molecule has 5 nitrogen and oxygen atoms in total. The molecule has 2 rings (SSSR count). The number of nitrogens with one attached hydrogen (secondary N) is 1. The van der Waals surface area contributed by atoms with Crippen LogP contribution in [0.2, 0.25) is 5.02 Å². The monoisotopic (exact) mass is 349 g/mol. The average Bonchev–Trinajstić information content (AvgIpc) is 2.57. The quantitative estimate of drug-likeness (QED) is 0.784. The van der Waals surface area contributed by atoms with Gasteiger partial charge >= 0.3 is 6.09 Å². The number of ether oxygens (including phenoxy) is 3. The molecule has 1 unspecified atom stereocenters. The van der Waals surface area contributed by atoms with E-state index in [2.05, 4.69) is 5.32 Å². The maximum Gasteiger partial charge on any atom is 0.412 e. The number of hydrogen-bond donors (Lipinski definition) is 1. The Morgan fingerprint density at radius 3 is 2.33 bits per heavy atom. The number of carbonyl (C=O) groups excluding carboxylic acids is 1. The Kier molecular flexibility index (Phi) is 6.20. The zero-order chi connectivity index (χ0) is 17.6. The zero-order valence-electron chi connectivity index (χ0n) is 13.8. The lowest BCUT2D eigenvalue weighted by molar-refractivity contribution is -0.263. The van der Waals surface area contributed by atoms with Crippen LogP contribution in [0.25, 0.3) is 0 Å². The molecule has 24 heavy (non-hydrogen) atoms. The predicted molar refractivity (Wildman–Crippen MR) is 93.2 cm³/mol. The highest BCUT2D eigenvalue weighted by Crippen LogP contribution is 2.32. The molecule has 0 spiro atoms. The summed E-state index contributed by atoms with van der Waals surface area (Å²) in [5, 5.41) is 3.15. The predicted octanol–water partition coefficient (Wildman–Crippen LogP) is 4.42. The number of methoxy groups -OCH3 is 2. The molecule has 128 valence electrons. The van der Waals surface area contributed by atoms with Crippen LogP contribution in [-0.4, -0.2) is 26.4 Å². The van der Waals surface area contributed by atoms with E-state index in [9.17, 15) is 4.79 Å². The van der Waals surface area contributed by atoms with E-state index in [1.54, 1.807) is 31.2 Å². The van der Waals surface area contributed by atoms with Crippen LogP contribution in [0.3, 0.4) is 0 Å². The summed E-state index contributed by atoms with van der Waals surface area (Å²) in [7, 11) is 3.01. The van der Waals surface area contributed by atoms with Gasteiger partial charge in [-0.1, -0.05) is 48.0 Å². The summed E-state index contributed by atoms with van der Waals surface area (Å²) in [5.41, 5.74) is 1.29. The smallest absolute Gasteiger partial charge is 0.412 e. The van der Waals surface area contributed by atoms with Gasteiger partial charge in [-0.2, -0.15) is 0 Å². The summed E-state index contributed by atoms with van der Waals surface area (Å²) >= 11 is 5.90. The maximum absolute atomic E-state index is 12.2. The van der Waals surface area contributed by atoms with Crippen LogP contribution in [0.1, 0.15) is 12.5 Å². The number of carbonyl (C=O) groups is 1. The van der Waals surface area contributed by atoms with Gasteiger partial charge in [0.1, 0.15) is 0 Å². The van der Waals surface area contributed by atoms with E-state index in [4.69, 9.17) is 25.8 Å². The molecule has 6 heteroatoms. The summed E-state index contributed by atoms with van der Waals surface area (Å²) in [5.74, 6) is -1.20. The van der Waals surface area contributed by atoms with Crippen molar-refractivity contribution in [1.82, 2.24) is 0 Å². The van der Waals surface area contributed by atoms with Gasteiger partial charge < -0.3 is 14.2 Å². The van der Waals surface area contributed by atoms with Crippen molar-refractivity contribution in [3.63, 3.8) is 0 Å². The van der Waals surface area contributed by atoms with Gasteiger partial charge in [0.05, 0.1) is 0 Å². The largest absolute Gasteiger partial charge is 0.440 e. The second kappa shape index (κ2) is 8.15. The third-order valence-electron chi connectivity index (χ3n) is 3.67. The SMILES string of the molecule is COC(OC)(c1ccccc1)C(C)OC(=O)Nc1cccc(Cl)c1. The third-order valence-corrected chi connectivity index (χ3v) is 3.91. The van der Waals surface area contributed by atoms with Gasteiger partial charge in [0.15, 0.2) is 6.10 Å². The van der Waals surface area contributed by atoms with Crippen LogP contribution in [0.5, 0.6) is 0 Å². The van der Waals surface area contributed by atoms with Gasteiger partial charge in [-0.15, -0.1) is 0 Å². The molecule has 1 amide bonds. The molecular formula is C18H20ClNO4. The molecule has 0 fully saturated rings. The molecule has 2 aromatic rings. The molecule has 0 aliphatic rings. The van der Waals surface area contributed by atoms with Gasteiger partial charge in [0.2, 0.25) is 5.79 Å². The van der Waals surface area contributed by atoms with Crippen molar-refractivity contribution in [2.75, 3.05) is 19.5 Å². The highest BCUT2D eigenvalue weighted by Gasteiger charge is 2.41. The van der Waals surface area contributed by atoms with Crippen molar-refractivity contribution < 1.29 is 19.0 Å². The summed E-state index contributed by atoms with van der Waals surface area (Å²) < 4.78 is 16.6. The van der Waals surface area contributed by atoms with Crippen molar-refractivity contribution in [3.05, 3.63) is 65.2 Å². The molecule has 0 aliphatic heterocycles. The normalized spacial score (nSPS) is 12.5. The first kappa shape index (κ1) is 18.3. The highest BCUT2D eigenvalue weighted by atomic mass is 35.5. The third kappa shape index (κ3) is 4.06. The van der Waals surface area contributed by atoms with E-state index in [-0.39, 0.29) is 0 Å². The molecule has 0 saturated carbocycles. The fraction of sp³-hybridized carbons (Fsp3) is 0.278. The van der Waals surface area contributed by atoms with E-state index >= 15 is 0 Å². The van der Waals surface area contributed by atoms with E-state index in [0.717, 1.165) is 5.56 Å². The van der Waals surface area contributed by atoms with Crippen LogP contribution >= 0.6 is 11.6 Å². The Balaban J connectivity index is 2.13. The van der Waals surface area contributed by atoms with E-state index in [0.29, 0.717) is 10.7 Å². The molecule has 0 radical (unpaired) electrons. The minimum Gasteiger partial charge on any atom is -0.440 e. The van der Waals surface area contributed by atoms with Crippen LogP contribution in [-0.2, 0) is 20.0 Å².